The van der Waals surface area contributed by atoms with Crippen LogP contribution in [0, 0.1) is 0 Å². The van der Waals surface area contributed by atoms with Crippen molar-refractivity contribution in [2.24, 2.45) is 5.73 Å². The van der Waals surface area contributed by atoms with Crippen LogP contribution >= 0.6 is 0 Å². The SMILES string of the molecule is NCCc1cnoc1C1CCCS(=O)(=O)C1. The summed E-state index contributed by atoms with van der Waals surface area (Å²) in [6, 6.07) is 0. The summed E-state index contributed by atoms with van der Waals surface area (Å²) in [6.45, 7) is 0.522. The van der Waals surface area contributed by atoms with Crippen LogP contribution in [0.2, 0.25) is 0 Å². The Morgan fingerprint density at radius 1 is 1.56 bits per heavy atom. The molecule has 1 aliphatic rings. The number of aromatic nitrogens is 1. The lowest BCUT2D eigenvalue weighted by Crippen LogP contribution is -2.24. The van der Waals surface area contributed by atoms with Crippen molar-refractivity contribution in [3.8, 4) is 0 Å². The van der Waals surface area contributed by atoms with Crippen LogP contribution in [0.3, 0.4) is 0 Å². The van der Waals surface area contributed by atoms with Crippen molar-refractivity contribution in [1.29, 1.82) is 0 Å². The molecule has 1 saturated heterocycles. The second-order valence-electron chi connectivity index (χ2n) is 4.21. The topological polar surface area (TPSA) is 86.2 Å². The summed E-state index contributed by atoms with van der Waals surface area (Å²) in [4.78, 5) is 0. The van der Waals surface area contributed by atoms with Gasteiger partial charge in [0.15, 0.2) is 9.84 Å². The summed E-state index contributed by atoms with van der Waals surface area (Å²) in [6.07, 6.45) is 3.89. The van der Waals surface area contributed by atoms with Crippen LogP contribution in [0.4, 0.5) is 0 Å². The van der Waals surface area contributed by atoms with Crippen LogP contribution in [0.5, 0.6) is 0 Å². The maximum atomic E-state index is 11.5. The lowest BCUT2D eigenvalue weighted by Gasteiger charge is -2.20. The van der Waals surface area contributed by atoms with E-state index in [1.807, 2.05) is 0 Å². The molecule has 0 spiro atoms. The number of rotatable bonds is 3. The van der Waals surface area contributed by atoms with Crippen LogP contribution in [0.1, 0.15) is 30.1 Å². The van der Waals surface area contributed by atoms with E-state index in [1.165, 1.54) is 0 Å². The minimum absolute atomic E-state index is 0.0391. The third-order valence-electron chi connectivity index (χ3n) is 2.92. The van der Waals surface area contributed by atoms with E-state index in [4.69, 9.17) is 10.3 Å². The number of nitrogens with two attached hydrogens (primary N) is 1. The van der Waals surface area contributed by atoms with Gasteiger partial charge in [0.25, 0.3) is 0 Å². The average molecular weight is 244 g/mol. The van der Waals surface area contributed by atoms with Crippen LogP contribution < -0.4 is 5.73 Å². The van der Waals surface area contributed by atoms with E-state index < -0.39 is 9.84 Å². The highest BCUT2D eigenvalue weighted by atomic mass is 32.2. The molecule has 0 radical (unpaired) electrons. The molecule has 2 rings (SSSR count). The van der Waals surface area contributed by atoms with E-state index in [2.05, 4.69) is 5.16 Å². The lowest BCUT2D eigenvalue weighted by atomic mass is 9.98. The van der Waals surface area contributed by atoms with Crippen molar-refractivity contribution in [3.63, 3.8) is 0 Å². The Morgan fingerprint density at radius 2 is 2.38 bits per heavy atom. The first kappa shape index (κ1) is 11.6. The second kappa shape index (κ2) is 4.55. The van der Waals surface area contributed by atoms with Crippen molar-refractivity contribution in [1.82, 2.24) is 5.16 Å². The molecule has 1 aliphatic heterocycles. The van der Waals surface area contributed by atoms with Gasteiger partial charge in [-0.3, -0.25) is 0 Å². The van der Waals surface area contributed by atoms with Gasteiger partial charge in [-0.05, 0) is 25.8 Å². The Hall–Kier alpha value is -0.880. The molecule has 0 bridgehead atoms. The predicted octanol–water partition coefficient (Wildman–Crippen LogP) is 0.468. The van der Waals surface area contributed by atoms with Gasteiger partial charge in [-0.2, -0.15) is 0 Å². The molecule has 90 valence electrons. The van der Waals surface area contributed by atoms with Gasteiger partial charge in [0.2, 0.25) is 0 Å². The number of nitrogens with zero attached hydrogens (tertiary/aromatic N) is 1. The van der Waals surface area contributed by atoms with Crippen molar-refractivity contribution in [2.75, 3.05) is 18.1 Å². The standard InChI is InChI=1S/C10H16N2O3S/c11-4-3-8-6-12-15-10(8)9-2-1-5-16(13,14)7-9/h6,9H,1-5,7,11H2. The van der Waals surface area contributed by atoms with Crippen molar-refractivity contribution in [2.45, 2.75) is 25.2 Å². The Morgan fingerprint density at radius 3 is 3.06 bits per heavy atom. The molecule has 0 aliphatic carbocycles. The molecule has 0 aromatic carbocycles. The number of sulfone groups is 1. The predicted molar refractivity (Wildman–Crippen MR) is 59.9 cm³/mol. The summed E-state index contributed by atoms with van der Waals surface area (Å²) >= 11 is 0. The molecule has 5 nitrogen and oxygen atoms in total. The van der Waals surface area contributed by atoms with Gasteiger partial charge in [0.05, 0.1) is 17.7 Å². The Bertz CT molecular complexity index is 452. The van der Waals surface area contributed by atoms with E-state index in [0.29, 0.717) is 30.9 Å². The highest BCUT2D eigenvalue weighted by Gasteiger charge is 2.29. The van der Waals surface area contributed by atoms with Gasteiger partial charge in [-0.25, -0.2) is 8.42 Å². The van der Waals surface area contributed by atoms with Crippen LogP contribution in [0.15, 0.2) is 10.7 Å². The normalized spacial score (nSPS) is 24.4. The van der Waals surface area contributed by atoms with Gasteiger partial charge in [0, 0.05) is 11.5 Å². The highest BCUT2D eigenvalue weighted by molar-refractivity contribution is 7.91. The zero-order valence-corrected chi connectivity index (χ0v) is 9.87. The summed E-state index contributed by atoms with van der Waals surface area (Å²) in [5, 5.41) is 3.74. The molecule has 1 aromatic heterocycles. The fraction of sp³-hybridized carbons (Fsp3) is 0.700. The fourth-order valence-electron chi connectivity index (χ4n) is 2.18. The number of hydrogen-bond acceptors (Lipinski definition) is 5. The summed E-state index contributed by atoms with van der Waals surface area (Å²) in [7, 11) is -2.91. The quantitative estimate of drug-likeness (QED) is 0.835. The molecular formula is C10H16N2O3S. The molecular weight excluding hydrogens is 228 g/mol. The molecule has 0 amide bonds. The molecule has 6 heteroatoms. The zero-order chi connectivity index (χ0) is 11.6. The van der Waals surface area contributed by atoms with E-state index in [0.717, 1.165) is 12.0 Å². The lowest BCUT2D eigenvalue weighted by molar-refractivity contribution is 0.355. The summed E-state index contributed by atoms with van der Waals surface area (Å²) in [5.74, 6) is 1.15. The van der Waals surface area contributed by atoms with Gasteiger partial charge in [0.1, 0.15) is 5.76 Å². The monoisotopic (exact) mass is 244 g/mol. The van der Waals surface area contributed by atoms with Crippen molar-refractivity contribution in [3.05, 3.63) is 17.5 Å². The molecule has 1 atom stereocenters. The molecule has 2 N–H and O–H groups in total. The molecule has 2 heterocycles. The Labute approximate surface area is 94.9 Å². The van der Waals surface area contributed by atoms with Gasteiger partial charge in [-0.15, -0.1) is 0 Å². The largest absolute Gasteiger partial charge is 0.361 e. The first-order valence-electron chi connectivity index (χ1n) is 5.46. The van der Waals surface area contributed by atoms with Crippen molar-refractivity contribution < 1.29 is 12.9 Å². The minimum Gasteiger partial charge on any atom is -0.361 e. The van der Waals surface area contributed by atoms with E-state index >= 15 is 0 Å². The maximum absolute atomic E-state index is 11.5. The van der Waals surface area contributed by atoms with Crippen LogP contribution in [-0.4, -0.2) is 31.6 Å². The average Bonchev–Trinajstić information content (AvgIpc) is 2.65. The third kappa shape index (κ3) is 2.44. The number of hydrogen-bond donors (Lipinski definition) is 1. The Balaban J connectivity index is 2.20. The van der Waals surface area contributed by atoms with Crippen molar-refractivity contribution >= 4 is 9.84 Å². The third-order valence-corrected chi connectivity index (χ3v) is 4.74. The molecule has 1 fully saturated rings. The smallest absolute Gasteiger partial charge is 0.151 e. The molecule has 1 unspecified atom stereocenters. The minimum atomic E-state index is -2.91. The highest BCUT2D eigenvalue weighted by Crippen LogP contribution is 2.30. The molecule has 16 heavy (non-hydrogen) atoms. The summed E-state index contributed by atoms with van der Waals surface area (Å²) in [5.41, 5.74) is 6.43. The summed E-state index contributed by atoms with van der Waals surface area (Å²) < 4.78 is 28.3. The van der Waals surface area contributed by atoms with Crippen LogP contribution in [-0.2, 0) is 16.3 Å². The van der Waals surface area contributed by atoms with Gasteiger partial charge >= 0.3 is 0 Å². The Kier molecular flexibility index (Phi) is 3.30. The molecule has 0 saturated carbocycles. The van der Waals surface area contributed by atoms with E-state index in [-0.39, 0.29) is 11.7 Å². The zero-order valence-electron chi connectivity index (χ0n) is 9.05. The maximum Gasteiger partial charge on any atom is 0.151 e. The van der Waals surface area contributed by atoms with Gasteiger partial charge in [-0.1, -0.05) is 5.16 Å². The fourth-order valence-corrected chi connectivity index (χ4v) is 3.88. The second-order valence-corrected chi connectivity index (χ2v) is 6.44. The molecule has 1 aromatic rings. The van der Waals surface area contributed by atoms with E-state index in [1.54, 1.807) is 6.20 Å². The van der Waals surface area contributed by atoms with Crippen LogP contribution in [0.25, 0.3) is 0 Å². The first-order valence-corrected chi connectivity index (χ1v) is 7.28. The first-order chi connectivity index (χ1) is 7.62. The van der Waals surface area contributed by atoms with E-state index in [9.17, 15) is 8.42 Å². The van der Waals surface area contributed by atoms with Gasteiger partial charge < -0.3 is 10.3 Å².